The van der Waals surface area contributed by atoms with Gasteiger partial charge in [0.2, 0.25) is 0 Å². The second kappa shape index (κ2) is 8.53. The van der Waals surface area contributed by atoms with E-state index in [0.717, 1.165) is 35.5 Å². The molecule has 0 unspecified atom stereocenters. The number of methoxy groups -OCH3 is 2. The summed E-state index contributed by atoms with van der Waals surface area (Å²) < 4.78 is 16.5. The van der Waals surface area contributed by atoms with E-state index in [-0.39, 0.29) is 18.6 Å². The summed E-state index contributed by atoms with van der Waals surface area (Å²) in [6, 6.07) is 11.1. The number of carbonyl (C=O) groups excluding carboxylic acids is 1. The van der Waals surface area contributed by atoms with Crippen molar-refractivity contribution >= 4 is 17.5 Å². The van der Waals surface area contributed by atoms with Gasteiger partial charge in [-0.05, 0) is 55.7 Å². The van der Waals surface area contributed by atoms with Crippen molar-refractivity contribution in [1.82, 2.24) is 4.90 Å². The highest BCUT2D eigenvalue weighted by Crippen LogP contribution is 2.38. The predicted molar refractivity (Wildman–Crippen MR) is 105 cm³/mol. The van der Waals surface area contributed by atoms with Gasteiger partial charge in [0.05, 0.1) is 20.3 Å². The van der Waals surface area contributed by atoms with E-state index in [1.807, 2.05) is 36.1 Å². The molecule has 0 N–H and O–H groups in total. The largest absolute Gasteiger partial charge is 0.497 e. The molecule has 1 atom stereocenters. The molecule has 0 aromatic heterocycles. The average Bonchev–Trinajstić information content (AvgIpc) is 3.16. The molecule has 1 aliphatic heterocycles. The summed E-state index contributed by atoms with van der Waals surface area (Å²) in [4.78, 5) is 14.7. The molecule has 1 amide bonds. The topological polar surface area (TPSA) is 48.0 Å². The van der Waals surface area contributed by atoms with Crippen LogP contribution in [0.2, 0.25) is 5.02 Å². The Morgan fingerprint density at radius 1 is 1.15 bits per heavy atom. The van der Waals surface area contributed by atoms with Crippen molar-refractivity contribution in [2.45, 2.75) is 25.8 Å². The van der Waals surface area contributed by atoms with Gasteiger partial charge < -0.3 is 19.1 Å². The number of amides is 1. The Hall–Kier alpha value is -2.40. The maximum atomic E-state index is 12.8. The Morgan fingerprint density at radius 3 is 2.67 bits per heavy atom. The van der Waals surface area contributed by atoms with Crippen LogP contribution in [0.1, 0.15) is 30.0 Å². The Morgan fingerprint density at radius 2 is 1.96 bits per heavy atom. The third kappa shape index (κ3) is 4.30. The molecular formula is C21H24ClNO4. The van der Waals surface area contributed by atoms with Gasteiger partial charge in [0.15, 0.2) is 6.61 Å². The monoisotopic (exact) mass is 389 g/mol. The van der Waals surface area contributed by atoms with Gasteiger partial charge in [-0.15, -0.1) is 0 Å². The van der Waals surface area contributed by atoms with E-state index in [0.29, 0.717) is 17.3 Å². The third-order valence-corrected chi connectivity index (χ3v) is 5.10. The Kier molecular flexibility index (Phi) is 6.11. The predicted octanol–water partition coefficient (Wildman–Crippen LogP) is 4.41. The molecule has 0 radical (unpaired) electrons. The lowest BCUT2D eigenvalue weighted by molar-refractivity contribution is -0.134. The molecule has 3 rings (SSSR count). The van der Waals surface area contributed by atoms with E-state index in [9.17, 15) is 4.79 Å². The molecule has 27 heavy (non-hydrogen) atoms. The second-order valence-corrected chi connectivity index (χ2v) is 6.99. The van der Waals surface area contributed by atoms with E-state index in [1.54, 1.807) is 26.4 Å². The number of rotatable bonds is 6. The molecule has 0 aliphatic carbocycles. The van der Waals surface area contributed by atoms with Crippen LogP contribution in [-0.2, 0) is 4.79 Å². The Bertz CT molecular complexity index is 824. The fourth-order valence-corrected chi connectivity index (χ4v) is 3.71. The lowest BCUT2D eigenvalue weighted by Gasteiger charge is -2.26. The third-order valence-electron chi connectivity index (χ3n) is 4.86. The van der Waals surface area contributed by atoms with Crippen molar-refractivity contribution in [1.29, 1.82) is 0 Å². The quantitative estimate of drug-likeness (QED) is 0.734. The van der Waals surface area contributed by atoms with E-state index in [1.165, 1.54) is 0 Å². The average molecular weight is 390 g/mol. The minimum absolute atomic E-state index is 0.00254. The highest BCUT2D eigenvalue weighted by molar-refractivity contribution is 6.30. The van der Waals surface area contributed by atoms with Crippen molar-refractivity contribution in [2.24, 2.45) is 0 Å². The minimum atomic E-state index is -0.0373. The molecule has 0 bridgehead atoms. The molecule has 5 nitrogen and oxygen atoms in total. The standard InChI is InChI=1S/C21H24ClNO4/c1-14-11-15(22)6-9-19(14)27-13-21(24)23-10-4-5-18(23)17-8-7-16(25-2)12-20(17)26-3/h6-9,11-12,18H,4-5,10,13H2,1-3H3/t18-/m0/s1. The van der Waals surface area contributed by atoms with Crippen molar-refractivity contribution in [2.75, 3.05) is 27.4 Å². The number of nitrogens with zero attached hydrogens (tertiary/aromatic N) is 1. The second-order valence-electron chi connectivity index (χ2n) is 6.55. The van der Waals surface area contributed by atoms with Crippen LogP contribution in [0.4, 0.5) is 0 Å². The van der Waals surface area contributed by atoms with E-state index >= 15 is 0 Å². The van der Waals surface area contributed by atoms with Crippen molar-refractivity contribution < 1.29 is 19.0 Å². The number of hydrogen-bond donors (Lipinski definition) is 0. The van der Waals surface area contributed by atoms with Crippen molar-refractivity contribution in [3.63, 3.8) is 0 Å². The zero-order chi connectivity index (χ0) is 19.4. The first-order valence-corrected chi connectivity index (χ1v) is 9.31. The van der Waals surface area contributed by atoms with Gasteiger partial charge in [0.25, 0.3) is 5.91 Å². The number of hydrogen-bond acceptors (Lipinski definition) is 4. The first-order valence-electron chi connectivity index (χ1n) is 8.94. The molecule has 0 spiro atoms. The first-order chi connectivity index (χ1) is 13.0. The van der Waals surface area contributed by atoms with Crippen LogP contribution >= 0.6 is 11.6 Å². The van der Waals surface area contributed by atoms with Gasteiger partial charge in [-0.3, -0.25) is 4.79 Å². The maximum Gasteiger partial charge on any atom is 0.261 e. The van der Waals surface area contributed by atoms with E-state index in [2.05, 4.69) is 0 Å². The summed E-state index contributed by atoms with van der Waals surface area (Å²) in [7, 11) is 3.25. The van der Waals surface area contributed by atoms with E-state index < -0.39 is 0 Å². The minimum Gasteiger partial charge on any atom is -0.497 e. The lowest BCUT2D eigenvalue weighted by Crippen LogP contribution is -2.34. The molecule has 144 valence electrons. The van der Waals surface area contributed by atoms with Gasteiger partial charge in [0, 0.05) is 23.2 Å². The highest BCUT2D eigenvalue weighted by Gasteiger charge is 2.32. The summed E-state index contributed by atoms with van der Waals surface area (Å²) >= 11 is 5.97. The van der Waals surface area contributed by atoms with Crippen molar-refractivity contribution in [3.8, 4) is 17.2 Å². The fraction of sp³-hybridized carbons (Fsp3) is 0.381. The van der Waals surface area contributed by atoms with Crippen molar-refractivity contribution in [3.05, 3.63) is 52.5 Å². The number of halogens is 1. The molecule has 1 heterocycles. The maximum absolute atomic E-state index is 12.8. The normalized spacial score (nSPS) is 16.3. The van der Waals surface area contributed by atoms with Crippen LogP contribution in [0.25, 0.3) is 0 Å². The van der Waals surface area contributed by atoms with Crippen LogP contribution < -0.4 is 14.2 Å². The lowest BCUT2D eigenvalue weighted by atomic mass is 10.0. The summed E-state index contributed by atoms with van der Waals surface area (Å²) in [5.41, 5.74) is 1.90. The fourth-order valence-electron chi connectivity index (χ4n) is 3.48. The molecular weight excluding hydrogens is 366 g/mol. The molecule has 2 aromatic carbocycles. The zero-order valence-corrected chi connectivity index (χ0v) is 16.6. The smallest absolute Gasteiger partial charge is 0.261 e. The van der Waals surface area contributed by atoms with Gasteiger partial charge in [0.1, 0.15) is 17.2 Å². The number of ether oxygens (including phenoxy) is 3. The number of carbonyl (C=O) groups is 1. The highest BCUT2D eigenvalue weighted by atomic mass is 35.5. The zero-order valence-electron chi connectivity index (χ0n) is 15.8. The summed E-state index contributed by atoms with van der Waals surface area (Å²) in [5.74, 6) is 2.09. The molecule has 1 fully saturated rings. The van der Waals surface area contributed by atoms with Gasteiger partial charge in [-0.1, -0.05) is 11.6 Å². The Labute approximate surface area is 164 Å². The molecule has 1 aliphatic rings. The summed E-state index contributed by atoms with van der Waals surface area (Å²) in [6.45, 7) is 2.62. The summed E-state index contributed by atoms with van der Waals surface area (Å²) in [5, 5.41) is 0.650. The van der Waals surface area contributed by atoms with Crippen LogP contribution in [0.5, 0.6) is 17.2 Å². The van der Waals surface area contributed by atoms with Crippen LogP contribution in [0.3, 0.4) is 0 Å². The number of aryl methyl sites for hydroxylation is 1. The van der Waals surface area contributed by atoms with Crippen LogP contribution in [-0.4, -0.2) is 38.2 Å². The first kappa shape index (κ1) is 19.4. The Balaban J connectivity index is 1.73. The summed E-state index contributed by atoms with van der Waals surface area (Å²) in [6.07, 6.45) is 1.85. The molecule has 6 heteroatoms. The number of likely N-dealkylation sites (tertiary alicyclic amines) is 1. The van der Waals surface area contributed by atoms with Gasteiger partial charge in [-0.2, -0.15) is 0 Å². The van der Waals surface area contributed by atoms with E-state index in [4.69, 9.17) is 25.8 Å². The van der Waals surface area contributed by atoms with Gasteiger partial charge in [-0.25, -0.2) is 0 Å². The van der Waals surface area contributed by atoms with Crippen LogP contribution in [0.15, 0.2) is 36.4 Å². The molecule has 2 aromatic rings. The van der Waals surface area contributed by atoms with Gasteiger partial charge >= 0.3 is 0 Å². The molecule has 0 saturated carbocycles. The molecule has 1 saturated heterocycles. The number of benzene rings is 2. The SMILES string of the molecule is COc1ccc([C@@H]2CCCN2C(=O)COc2ccc(Cl)cc2C)c(OC)c1. The van der Waals surface area contributed by atoms with Crippen LogP contribution in [0, 0.1) is 6.92 Å².